The normalized spacial score (nSPS) is 9.54. The lowest BCUT2D eigenvalue weighted by Gasteiger charge is -2.22. The standard InChI is InChI=1S/C8H16N2S3/c1-5-10(6-2)8(12)13-7(11)9(3)4/h5-6H2,1-4H3. The van der Waals surface area contributed by atoms with Crippen LogP contribution >= 0.6 is 36.2 Å². The molecule has 0 aromatic rings. The van der Waals surface area contributed by atoms with E-state index >= 15 is 0 Å². The molecule has 0 aromatic heterocycles. The van der Waals surface area contributed by atoms with Crippen LogP contribution in [0.15, 0.2) is 0 Å². The topological polar surface area (TPSA) is 6.48 Å². The molecule has 0 amide bonds. The maximum Gasteiger partial charge on any atom is 0.143 e. The quantitative estimate of drug-likeness (QED) is 0.676. The van der Waals surface area contributed by atoms with Crippen molar-refractivity contribution in [1.82, 2.24) is 9.80 Å². The van der Waals surface area contributed by atoms with E-state index in [-0.39, 0.29) is 0 Å². The fourth-order valence-electron chi connectivity index (χ4n) is 0.712. The largest absolute Gasteiger partial charge is 0.363 e. The first-order chi connectivity index (χ1) is 6.02. The van der Waals surface area contributed by atoms with Gasteiger partial charge in [-0.15, -0.1) is 0 Å². The van der Waals surface area contributed by atoms with Crippen molar-refractivity contribution in [3.63, 3.8) is 0 Å². The SMILES string of the molecule is CCN(CC)C(=S)SC(=S)N(C)C. The number of hydrogen-bond acceptors (Lipinski definition) is 3. The van der Waals surface area contributed by atoms with E-state index in [1.54, 1.807) is 0 Å². The lowest BCUT2D eigenvalue weighted by Crippen LogP contribution is -2.29. The van der Waals surface area contributed by atoms with E-state index in [9.17, 15) is 0 Å². The van der Waals surface area contributed by atoms with Gasteiger partial charge in [0.25, 0.3) is 0 Å². The first kappa shape index (κ1) is 13.1. The molecule has 2 nitrogen and oxygen atoms in total. The van der Waals surface area contributed by atoms with Crippen LogP contribution in [0.4, 0.5) is 0 Å². The minimum absolute atomic E-state index is 0.817. The molecule has 5 heteroatoms. The third-order valence-corrected chi connectivity index (χ3v) is 3.66. The molecular weight excluding hydrogens is 220 g/mol. The summed E-state index contributed by atoms with van der Waals surface area (Å²) in [5.41, 5.74) is 0. The van der Waals surface area contributed by atoms with E-state index in [1.165, 1.54) is 11.8 Å². The zero-order chi connectivity index (χ0) is 10.4. The fraction of sp³-hybridized carbons (Fsp3) is 0.750. The molecule has 0 atom stereocenters. The lowest BCUT2D eigenvalue weighted by molar-refractivity contribution is 0.482. The highest BCUT2D eigenvalue weighted by molar-refractivity contribution is 8.37. The van der Waals surface area contributed by atoms with Crippen LogP contribution in [-0.2, 0) is 0 Å². The second-order valence-electron chi connectivity index (χ2n) is 2.70. The molecule has 0 bridgehead atoms. The van der Waals surface area contributed by atoms with E-state index in [4.69, 9.17) is 24.4 Å². The summed E-state index contributed by atoms with van der Waals surface area (Å²) in [5, 5.41) is 0. The van der Waals surface area contributed by atoms with Crippen molar-refractivity contribution >= 4 is 44.8 Å². The first-order valence-electron chi connectivity index (χ1n) is 4.20. The van der Waals surface area contributed by atoms with Crippen LogP contribution in [-0.4, -0.2) is 45.6 Å². The smallest absolute Gasteiger partial charge is 0.143 e. The summed E-state index contributed by atoms with van der Waals surface area (Å²) >= 11 is 11.9. The van der Waals surface area contributed by atoms with Crippen LogP contribution in [0.2, 0.25) is 0 Å². The molecule has 0 fully saturated rings. The van der Waals surface area contributed by atoms with E-state index in [1.807, 2.05) is 19.0 Å². The zero-order valence-electron chi connectivity index (χ0n) is 8.53. The Morgan fingerprint density at radius 1 is 1.08 bits per heavy atom. The van der Waals surface area contributed by atoms with Gasteiger partial charge in [-0.25, -0.2) is 0 Å². The summed E-state index contributed by atoms with van der Waals surface area (Å²) in [5.74, 6) is 0. The van der Waals surface area contributed by atoms with Crippen LogP contribution in [0.3, 0.4) is 0 Å². The molecule has 0 heterocycles. The maximum absolute atomic E-state index is 5.24. The van der Waals surface area contributed by atoms with Gasteiger partial charge in [-0.1, -0.05) is 24.4 Å². The highest BCUT2D eigenvalue weighted by Gasteiger charge is 2.09. The molecule has 0 spiro atoms. The Morgan fingerprint density at radius 2 is 1.54 bits per heavy atom. The highest BCUT2D eigenvalue weighted by Crippen LogP contribution is 2.12. The van der Waals surface area contributed by atoms with Crippen molar-refractivity contribution in [3.05, 3.63) is 0 Å². The zero-order valence-corrected chi connectivity index (χ0v) is 11.0. The van der Waals surface area contributed by atoms with Crippen LogP contribution in [0.25, 0.3) is 0 Å². The van der Waals surface area contributed by atoms with Crippen LogP contribution in [0.5, 0.6) is 0 Å². The summed E-state index contributed by atoms with van der Waals surface area (Å²) in [6, 6.07) is 0. The van der Waals surface area contributed by atoms with Crippen molar-refractivity contribution in [1.29, 1.82) is 0 Å². The summed E-state index contributed by atoms with van der Waals surface area (Å²) in [7, 11) is 3.86. The molecule has 0 aliphatic carbocycles. The molecule has 76 valence electrons. The van der Waals surface area contributed by atoms with E-state index in [0.717, 1.165) is 21.7 Å². The van der Waals surface area contributed by atoms with Crippen molar-refractivity contribution < 1.29 is 0 Å². The van der Waals surface area contributed by atoms with Gasteiger partial charge in [-0.3, -0.25) is 0 Å². The molecule has 0 saturated carbocycles. The molecular formula is C8H16N2S3. The molecule has 0 aliphatic rings. The summed E-state index contributed by atoms with van der Waals surface area (Å²) < 4.78 is 1.68. The Bertz CT molecular complexity index is 188. The van der Waals surface area contributed by atoms with E-state index in [2.05, 4.69) is 18.7 Å². The van der Waals surface area contributed by atoms with Gasteiger partial charge in [-0.2, -0.15) is 0 Å². The van der Waals surface area contributed by atoms with E-state index in [0.29, 0.717) is 0 Å². The summed E-state index contributed by atoms with van der Waals surface area (Å²) in [6.07, 6.45) is 0. The molecule has 0 unspecified atom stereocenters. The van der Waals surface area contributed by atoms with Crippen molar-refractivity contribution in [2.75, 3.05) is 27.2 Å². The monoisotopic (exact) mass is 236 g/mol. The minimum Gasteiger partial charge on any atom is -0.363 e. The molecule has 0 N–H and O–H groups in total. The van der Waals surface area contributed by atoms with Gasteiger partial charge >= 0.3 is 0 Å². The Balaban J connectivity index is 4.06. The second-order valence-corrected chi connectivity index (χ2v) is 4.97. The van der Waals surface area contributed by atoms with Gasteiger partial charge in [-0.05, 0) is 25.6 Å². The van der Waals surface area contributed by atoms with Gasteiger partial charge in [0.05, 0.1) is 0 Å². The molecule has 0 radical (unpaired) electrons. The number of rotatable bonds is 2. The molecule has 13 heavy (non-hydrogen) atoms. The third-order valence-electron chi connectivity index (χ3n) is 1.56. The second kappa shape index (κ2) is 6.56. The maximum atomic E-state index is 5.24. The van der Waals surface area contributed by atoms with Gasteiger partial charge in [0, 0.05) is 27.2 Å². The average molecular weight is 236 g/mol. The fourth-order valence-corrected chi connectivity index (χ4v) is 2.32. The third kappa shape index (κ3) is 4.78. The average Bonchev–Trinajstić information content (AvgIpc) is 2.06. The lowest BCUT2D eigenvalue weighted by atomic mass is 10.6. The van der Waals surface area contributed by atoms with Crippen LogP contribution < -0.4 is 0 Å². The summed E-state index contributed by atoms with van der Waals surface area (Å²) in [4.78, 5) is 4.02. The number of nitrogens with zero attached hydrogens (tertiary/aromatic N) is 2. The van der Waals surface area contributed by atoms with E-state index < -0.39 is 0 Å². The Morgan fingerprint density at radius 3 is 1.85 bits per heavy atom. The first-order valence-corrected chi connectivity index (χ1v) is 5.84. The minimum atomic E-state index is 0.817. The van der Waals surface area contributed by atoms with Crippen LogP contribution in [0.1, 0.15) is 13.8 Å². The molecule has 0 saturated heterocycles. The number of thioether (sulfide) groups is 1. The number of thiocarbonyl (C=S) groups is 2. The number of hydrogen-bond donors (Lipinski definition) is 0. The Hall–Kier alpha value is 0.130. The molecule has 0 aliphatic heterocycles. The predicted molar refractivity (Wildman–Crippen MR) is 69.4 cm³/mol. The van der Waals surface area contributed by atoms with Gasteiger partial charge in [0.2, 0.25) is 0 Å². The Labute approximate surface area is 95.7 Å². The van der Waals surface area contributed by atoms with Crippen molar-refractivity contribution in [2.24, 2.45) is 0 Å². The summed E-state index contributed by atoms with van der Waals surface area (Å²) in [6.45, 7) is 6.07. The molecule has 0 aromatic carbocycles. The predicted octanol–water partition coefficient (Wildman–Crippen LogP) is 2.19. The van der Waals surface area contributed by atoms with Gasteiger partial charge in [0.15, 0.2) is 0 Å². The van der Waals surface area contributed by atoms with Gasteiger partial charge in [0.1, 0.15) is 8.64 Å². The van der Waals surface area contributed by atoms with Crippen molar-refractivity contribution in [3.8, 4) is 0 Å². The van der Waals surface area contributed by atoms with Crippen LogP contribution in [0, 0.1) is 0 Å². The van der Waals surface area contributed by atoms with Gasteiger partial charge < -0.3 is 9.80 Å². The van der Waals surface area contributed by atoms with Crippen molar-refractivity contribution in [2.45, 2.75) is 13.8 Å². The molecule has 0 rings (SSSR count). The Kier molecular flexibility index (Phi) is 6.63. The highest BCUT2D eigenvalue weighted by atomic mass is 32.2.